The minimum Gasteiger partial charge on any atom is -0.384 e. The third-order valence-corrected chi connectivity index (χ3v) is 2.84. The molecule has 0 aliphatic carbocycles. The molecule has 1 aromatic heterocycles. The van der Waals surface area contributed by atoms with E-state index in [1.165, 1.54) is 6.07 Å². The van der Waals surface area contributed by atoms with Crippen LogP contribution in [0.3, 0.4) is 0 Å². The fraction of sp³-hybridized carbons (Fsp3) is 0.0909. The summed E-state index contributed by atoms with van der Waals surface area (Å²) in [5.41, 5.74) is 6.03. The molecule has 1 heterocycles. The van der Waals surface area contributed by atoms with Gasteiger partial charge in [-0.3, -0.25) is 0 Å². The zero-order chi connectivity index (χ0) is 13.3. The van der Waals surface area contributed by atoms with Gasteiger partial charge in [-0.05, 0) is 6.07 Å². The molecule has 2 aromatic rings. The molecule has 18 heavy (non-hydrogen) atoms. The zero-order valence-corrected chi connectivity index (χ0v) is 10.5. The van der Waals surface area contributed by atoms with Crippen LogP contribution in [0.4, 0.5) is 19.0 Å². The van der Waals surface area contributed by atoms with E-state index in [0.717, 1.165) is 0 Å². The Bertz CT molecular complexity index is 584. The maximum atomic E-state index is 12.6. The van der Waals surface area contributed by atoms with E-state index >= 15 is 0 Å². The fourth-order valence-electron chi connectivity index (χ4n) is 1.40. The van der Waals surface area contributed by atoms with Gasteiger partial charge in [0.25, 0.3) is 0 Å². The lowest BCUT2D eigenvalue weighted by molar-refractivity contribution is -0.144. The van der Waals surface area contributed by atoms with Gasteiger partial charge in [0.15, 0.2) is 0 Å². The second kappa shape index (κ2) is 4.56. The summed E-state index contributed by atoms with van der Waals surface area (Å²) < 4.78 is 38.4. The molecule has 0 unspecified atom stereocenters. The predicted molar refractivity (Wildman–Crippen MR) is 64.6 cm³/mol. The molecule has 2 N–H and O–H groups in total. The lowest BCUT2D eigenvalue weighted by Gasteiger charge is -2.09. The third-order valence-electron chi connectivity index (χ3n) is 2.15. The highest BCUT2D eigenvalue weighted by Crippen LogP contribution is 2.31. The molecule has 0 fully saturated rings. The Morgan fingerprint density at radius 3 is 2.39 bits per heavy atom. The number of anilines is 1. The van der Waals surface area contributed by atoms with E-state index in [0.29, 0.717) is 10.0 Å². The number of benzene rings is 1. The lowest BCUT2D eigenvalue weighted by atomic mass is 10.1. The first-order valence-corrected chi connectivity index (χ1v) is 5.64. The first-order chi connectivity index (χ1) is 8.38. The molecule has 0 aliphatic rings. The summed E-state index contributed by atoms with van der Waals surface area (Å²) >= 11 is 3.25. The Hall–Kier alpha value is -1.63. The SMILES string of the molecule is Nc1cc(-c2ccccc2Br)nc(C(F)(F)F)n1. The average Bonchev–Trinajstić information content (AvgIpc) is 2.27. The van der Waals surface area contributed by atoms with E-state index < -0.39 is 12.0 Å². The Morgan fingerprint density at radius 1 is 1.11 bits per heavy atom. The predicted octanol–water partition coefficient (Wildman–Crippen LogP) is 3.51. The summed E-state index contributed by atoms with van der Waals surface area (Å²) in [6.07, 6.45) is -4.62. The van der Waals surface area contributed by atoms with E-state index in [1.807, 2.05) is 0 Å². The van der Waals surface area contributed by atoms with E-state index in [4.69, 9.17) is 5.73 Å². The Kier molecular flexibility index (Phi) is 3.25. The van der Waals surface area contributed by atoms with Crippen molar-refractivity contribution in [2.24, 2.45) is 0 Å². The van der Waals surface area contributed by atoms with E-state index in [-0.39, 0.29) is 11.5 Å². The highest BCUT2D eigenvalue weighted by Gasteiger charge is 2.35. The van der Waals surface area contributed by atoms with Gasteiger partial charge in [-0.25, -0.2) is 9.97 Å². The van der Waals surface area contributed by atoms with Gasteiger partial charge < -0.3 is 5.73 Å². The molecule has 0 atom stereocenters. The van der Waals surface area contributed by atoms with Crippen molar-refractivity contribution in [1.29, 1.82) is 0 Å². The second-order valence-electron chi connectivity index (χ2n) is 3.48. The fourth-order valence-corrected chi connectivity index (χ4v) is 1.89. The quantitative estimate of drug-likeness (QED) is 0.875. The molecule has 0 saturated carbocycles. The van der Waals surface area contributed by atoms with Crippen LogP contribution in [-0.2, 0) is 6.18 Å². The van der Waals surface area contributed by atoms with Gasteiger partial charge in [0.05, 0.1) is 5.69 Å². The molecule has 0 amide bonds. The largest absolute Gasteiger partial charge is 0.451 e. The minimum absolute atomic E-state index is 0.127. The first kappa shape index (κ1) is 12.8. The van der Waals surface area contributed by atoms with Gasteiger partial charge >= 0.3 is 6.18 Å². The monoisotopic (exact) mass is 317 g/mol. The molecule has 0 radical (unpaired) electrons. The van der Waals surface area contributed by atoms with Crippen molar-refractivity contribution in [3.63, 3.8) is 0 Å². The van der Waals surface area contributed by atoms with Crippen molar-refractivity contribution >= 4 is 21.7 Å². The molecular formula is C11H7BrF3N3. The number of nitrogen functional groups attached to an aromatic ring is 1. The molecule has 0 spiro atoms. The zero-order valence-electron chi connectivity index (χ0n) is 8.87. The van der Waals surface area contributed by atoms with Crippen molar-refractivity contribution < 1.29 is 13.2 Å². The maximum absolute atomic E-state index is 12.6. The van der Waals surface area contributed by atoms with Crippen LogP contribution in [-0.4, -0.2) is 9.97 Å². The van der Waals surface area contributed by atoms with Crippen LogP contribution in [0, 0.1) is 0 Å². The van der Waals surface area contributed by atoms with Crippen LogP contribution < -0.4 is 5.73 Å². The molecule has 3 nitrogen and oxygen atoms in total. The molecule has 94 valence electrons. The van der Waals surface area contributed by atoms with Crippen LogP contribution >= 0.6 is 15.9 Å². The van der Waals surface area contributed by atoms with Crippen LogP contribution in [0.5, 0.6) is 0 Å². The van der Waals surface area contributed by atoms with Crippen molar-refractivity contribution in [3.8, 4) is 11.3 Å². The van der Waals surface area contributed by atoms with Crippen molar-refractivity contribution in [1.82, 2.24) is 9.97 Å². The van der Waals surface area contributed by atoms with Gasteiger partial charge in [-0.15, -0.1) is 0 Å². The van der Waals surface area contributed by atoms with Gasteiger partial charge in [-0.2, -0.15) is 13.2 Å². The molecular weight excluding hydrogens is 311 g/mol. The smallest absolute Gasteiger partial charge is 0.384 e. The van der Waals surface area contributed by atoms with E-state index in [9.17, 15) is 13.2 Å². The summed E-state index contributed by atoms with van der Waals surface area (Å²) in [5, 5.41) is 0. The number of hydrogen-bond acceptors (Lipinski definition) is 3. The third kappa shape index (κ3) is 2.61. The molecule has 0 saturated heterocycles. The highest BCUT2D eigenvalue weighted by molar-refractivity contribution is 9.10. The van der Waals surface area contributed by atoms with Gasteiger partial charge in [-0.1, -0.05) is 34.1 Å². The summed E-state index contributed by atoms with van der Waals surface area (Å²) in [4.78, 5) is 6.68. The number of alkyl halides is 3. The Labute approximate surface area is 109 Å². The Balaban J connectivity index is 2.60. The standard InChI is InChI=1S/C11H7BrF3N3/c12-7-4-2-1-3-6(7)8-5-9(16)18-10(17-8)11(13,14)15/h1-5H,(H2,16,17,18). The van der Waals surface area contributed by atoms with Crippen molar-refractivity contribution in [2.45, 2.75) is 6.18 Å². The van der Waals surface area contributed by atoms with Crippen LogP contribution in [0.25, 0.3) is 11.3 Å². The van der Waals surface area contributed by atoms with Gasteiger partial charge in [0.1, 0.15) is 5.82 Å². The van der Waals surface area contributed by atoms with Crippen LogP contribution in [0.1, 0.15) is 5.82 Å². The first-order valence-electron chi connectivity index (χ1n) is 4.84. The number of hydrogen-bond donors (Lipinski definition) is 1. The van der Waals surface area contributed by atoms with E-state index in [1.54, 1.807) is 24.3 Å². The van der Waals surface area contributed by atoms with Crippen molar-refractivity contribution in [2.75, 3.05) is 5.73 Å². The van der Waals surface area contributed by atoms with E-state index in [2.05, 4.69) is 25.9 Å². The molecule has 2 rings (SSSR count). The number of aromatic nitrogens is 2. The summed E-state index contributed by atoms with van der Waals surface area (Å²) in [7, 11) is 0. The van der Waals surface area contributed by atoms with Gasteiger partial charge in [0, 0.05) is 16.1 Å². The van der Waals surface area contributed by atoms with Crippen LogP contribution in [0.15, 0.2) is 34.8 Å². The number of nitrogens with zero attached hydrogens (tertiary/aromatic N) is 2. The highest BCUT2D eigenvalue weighted by atomic mass is 79.9. The lowest BCUT2D eigenvalue weighted by Crippen LogP contribution is -2.13. The summed E-state index contributed by atoms with van der Waals surface area (Å²) in [6.45, 7) is 0. The minimum atomic E-state index is -4.62. The number of halogens is 4. The van der Waals surface area contributed by atoms with Crippen molar-refractivity contribution in [3.05, 3.63) is 40.6 Å². The normalized spacial score (nSPS) is 11.6. The molecule has 1 aromatic carbocycles. The molecule has 0 bridgehead atoms. The molecule has 7 heteroatoms. The van der Waals surface area contributed by atoms with Crippen LogP contribution in [0.2, 0.25) is 0 Å². The Morgan fingerprint density at radius 2 is 1.78 bits per heavy atom. The number of rotatable bonds is 1. The summed E-state index contributed by atoms with van der Waals surface area (Å²) in [5.74, 6) is -1.46. The second-order valence-corrected chi connectivity index (χ2v) is 4.33. The summed E-state index contributed by atoms with van der Waals surface area (Å²) in [6, 6.07) is 8.11. The average molecular weight is 318 g/mol. The van der Waals surface area contributed by atoms with Gasteiger partial charge in [0.2, 0.25) is 5.82 Å². The number of nitrogens with two attached hydrogens (primary N) is 1. The maximum Gasteiger partial charge on any atom is 0.451 e. The topological polar surface area (TPSA) is 51.8 Å². The molecule has 0 aliphatic heterocycles.